The molecule has 0 aliphatic carbocycles. The minimum Gasteiger partial charge on any atom is -0.462 e. The SMILES string of the molecule is CCCCCC/C=C/CCCCCCCC(=O)O[C@H](COC(=O)CCCCCCCCC)COP(=O)(O)O. The molecule has 0 aliphatic heterocycles. The minimum absolute atomic E-state index is 0.204. The molecular formula is C29H55O8P. The van der Waals surface area contributed by atoms with Crippen LogP contribution < -0.4 is 0 Å². The summed E-state index contributed by atoms with van der Waals surface area (Å²) in [5.41, 5.74) is 0. The Balaban J connectivity index is 4.06. The van der Waals surface area contributed by atoms with Gasteiger partial charge in [0.1, 0.15) is 6.61 Å². The molecule has 2 N–H and O–H groups in total. The highest BCUT2D eigenvalue weighted by atomic mass is 31.2. The summed E-state index contributed by atoms with van der Waals surface area (Å²) in [4.78, 5) is 42.2. The zero-order chi connectivity index (χ0) is 28.3. The summed E-state index contributed by atoms with van der Waals surface area (Å²) in [6, 6.07) is 0. The van der Waals surface area contributed by atoms with Crippen LogP contribution in [-0.2, 0) is 28.2 Å². The van der Waals surface area contributed by atoms with Gasteiger partial charge in [0.25, 0.3) is 0 Å². The fourth-order valence-electron chi connectivity index (χ4n) is 4.01. The van der Waals surface area contributed by atoms with E-state index in [2.05, 4.69) is 30.5 Å². The fraction of sp³-hybridized carbons (Fsp3) is 0.862. The third kappa shape index (κ3) is 27.8. The number of rotatable bonds is 27. The van der Waals surface area contributed by atoms with Gasteiger partial charge in [0, 0.05) is 12.8 Å². The molecule has 224 valence electrons. The molecule has 0 bridgehead atoms. The molecule has 0 spiro atoms. The van der Waals surface area contributed by atoms with E-state index in [9.17, 15) is 14.2 Å². The van der Waals surface area contributed by atoms with Gasteiger partial charge in [0.05, 0.1) is 6.61 Å². The van der Waals surface area contributed by atoms with Gasteiger partial charge in [-0.1, -0.05) is 103 Å². The largest absolute Gasteiger partial charge is 0.469 e. The van der Waals surface area contributed by atoms with Gasteiger partial charge >= 0.3 is 19.8 Å². The number of carbonyl (C=O) groups is 2. The van der Waals surface area contributed by atoms with Gasteiger partial charge in [0.15, 0.2) is 6.10 Å². The van der Waals surface area contributed by atoms with Gasteiger partial charge in [-0.2, -0.15) is 0 Å². The Morgan fingerprint density at radius 1 is 0.658 bits per heavy atom. The standard InChI is InChI=1S/C29H55O8P/c1-3-5-7-9-11-12-13-14-15-16-18-20-22-24-29(31)37-27(26-36-38(32,33)34)25-35-28(30)23-21-19-17-10-8-6-4-2/h12-13,27H,3-11,14-26H2,1-2H3,(H2,32,33,34)/b13-12+/t27-/m1/s1. The van der Waals surface area contributed by atoms with Crippen molar-refractivity contribution in [2.75, 3.05) is 13.2 Å². The van der Waals surface area contributed by atoms with Gasteiger partial charge in [-0.15, -0.1) is 0 Å². The van der Waals surface area contributed by atoms with Crippen molar-refractivity contribution >= 4 is 19.8 Å². The zero-order valence-corrected chi connectivity index (χ0v) is 25.0. The van der Waals surface area contributed by atoms with Gasteiger partial charge in [0.2, 0.25) is 0 Å². The summed E-state index contributed by atoms with van der Waals surface area (Å²) in [6.45, 7) is 3.57. The smallest absolute Gasteiger partial charge is 0.462 e. The van der Waals surface area contributed by atoms with E-state index in [1.165, 1.54) is 51.4 Å². The van der Waals surface area contributed by atoms with Gasteiger partial charge < -0.3 is 19.3 Å². The summed E-state index contributed by atoms with van der Waals surface area (Å²) >= 11 is 0. The van der Waals surface area contributed by atoms with Crippen LogP contribution >= 0.6 is 7.82 Å². The normalized spacial score (nSPS) is 12.6. The summed E-state index contributed by atoms with van der Waals surface area (Å²) in [6.07, 6.45) is 23.8. The zero-order valence-electron chi connectivity index (χ0n) is 24.1. The first kappa shape index (κ1) is 36.8. The van der Waals surface area contributed by atoms with E-state index in [0.29, 0.717) is 6.42 Å². The van der Waals surface area contributed by atoms with Gasteiger partial charge in [-0.05, 0) is 38.5 Å². The van der Waals surface area contributed by atoms with Gasteiger partial charge in [-0.25, -0.2) is 4.57 Å². The first-order valence-electron chi connectivity index (χ1n) is 15.0. The molecule has 0 fully saturated rings. The number of phosphoric acid groups is 1. The van der Waals surface area contributed by atoms with Crippen LogP contribution in [0.5, 0.6) is 0 Å². The predicted octanol–water partition coefficient (Wildman–Crippen LogP) is 7.95. The molecule has 1 atom stereocenters. The van der Waals surface area contributed by atoms with Crippen LogP contribution in [0.15, 0.2) is 12.2 Å². The van der Waals surface area contributed by atoms with Crippen molar-refractivity contribution in [3.63, 3.8) is 0 Å². The Bertz CT molecular complexity index is 646. The molecule has 0 rings (SSSR count). The molecule has 38 heavy (non-hydrogen) atoms. The Kier molecular flexibility index (Phi) is 25.2. The van der Waals surface area contributed by atoms with Crippen molar-refractivity contribution in [3.8, 4) is 0 Å². The fourth-order valence-corrected chi connectivity index (χ4v) is 4.37. The van der Waals surface area contributed by atoms with Crippen LogP contribution in [0.4, 0.5) is 0 Å². The molecule has 0 heterocycles. The number of esters is 2. The minimum atomic E-state index is -4.73. The van der Waals surface area contributed by atoms with Crippen LogP contribution in [0.25, 0.3) is 0 Å². The van der Waals surface area contributed by atoms with E-state index < -0.39 is 32.5 Å². The van der Waals surface area contributed by atoms with Crippen molar-refractivity contribution in [3.05, 3.63) is 12.2 Å². The van der Waals surface area contributed by atoms with Gasteiger partial charge in [-0.3, -0.25) is 14.1 Å². The van der Waals surface area contributed by atoms with E-state index in [1.807, 2.05) is 0 Å². The second-order valence-corrected chi connectivity index (χ2v) is 11.3. The molecule has 0 saturated carbocycles. The molecule has 0 amide bonds. The highest BCUT2D eigenvalue weighted by Crippen LogP contribution is 2.35. The number of unbranched alkanes of at least 4 members (excludes halogenated alkanes) is 15. The van der Waals surface area contributed by atoms with E-state index >= 15 is 0 Å². The predicted molar refractivity (Wildman–Crippen MR) is 152 cm³/mol. The number of carbonyl (C=O) groups excluding carboxylic acids is 2. The second-order valence-electron chi connectivity index (χ2n) is 10.1. The van der Waals surface area contributed by atoms with Crippen molar-refractivity contribution in [1.82, 2.24) is 0 Å². The van der Waals surface area contributed by atoms with E-state index in [0.717, 1.165) is 57.8 Å². The average molecular weight is 563 g/mol. The van der Waals surface area contributed by atoms with Crippen molar-refractivity contribution in [2.45, 2.75) is 148 Å². The molecule has 0 aromatic heterocycles. The number of phosphoric ester groups is 1. The maximum atomic E-state index is 12.2. The molecule has 9 heteroatoms. The van der Waals surface area contributed by atoms with E-state index in [4.69, 9.17) is 19.3 Å². The first-order chi connectivity index (χ1) is 18.3. The number of hydrogen-bond acceptors (Lipinski definition) is 6. The van der Waals surface area contributed by atoms with Crippen LogP contribution in [-0.4, -0.2) is 41.0 Å². The summed E-state index contributed by atoms with van der Waals surface area (Å²) in [5.74, 6) is -0.902. The topological polar surface area (TPSA) is 119 Å². The highest BCUT2D eigenvalue weighted by Gasteiger charge is 2.22. The maximum absolute atomic E-state index is 12.2. The van der Waals surface area contributed by atoms with Crippen molar-refractivity contribution in [2.24, 2.45) is 0 Å². The molecule has 0 radical (unpaired) electrons. The lowest BCUT2D eigenvalue weighted by molar-refractivity contribution is -0.161. The van der Waals surface area contributed by atoms with Crippen LogP contribution in [0.2, 0.25) is 0 Å². The molecule has 8 nitrogen and oxygen atoms in total. The van der Waals surface area contributed by atoms with E-state index in [1.54, 1.807) is 0 Å². The third-order valence-corrected chi connectivity index (χ3v) is 6.77. The third-order valence-electron chi connectivity index (χ3n) is 6.28. The van der Waals surface area contributed by atoms with Crippen LogP contribution in [0, 0.1) is 0 Å². The first-order valence-corrected chi connectivity index (χ1v) is 16.5. The van der Waals surface area contributed by atoms with Crippen molar-refractivity contribution < 1.29 is 37.9 Å². The van der Waals surface area contributed by atoms with Crippen molar-refractivity contribution in [1.29, 1.82) is 0 Å². The Morgan fingerprint density at radius 3 is 1.63 bits per heavy atom. The number of ether oxygens (including phenoxy) is 2. The molecule has 0 unspecified atom stereocenters. The highest BCUT2D eigenvalue weighted by molar-refractivity contribution is 7.46. The molecule has 0 aromatic carbocycles. The number of hydrogen-bond donors (Lipinski definition) is 2. The summed E-state index contributed by atoms with van der Waals surface area (Å²) < 4.78 is 26.0. The summed E-state index contributed by atoms with van der Waals surface area (Å²) in [5, 5.41) is 0. The lowest BCUT2D eigenvalue weighted by Crippen LogP contribution is -2.29. The number of allylic oxidation sites excluding steroid dienone is 2. The molecule has 0 aliphatic rings. The van der Waals surface area contributed by atoms with Crippen LogP contribution in [0.3, 0.4) is 0 Å². The second kappa shape index (κ2) is 26.0. The Labute approximate surface area is 231 Å². The van der Waals surface area contributed by atoms with Crippen LogP contribution in [0.1, 0.15) is 142 Å². The monoisotopic (exact) mass is 562 g/mol. The molecular weight excluding hydrogens is 507 g/mol. The van der Waals surface area contributed by atoms with E-state index in [-0.39, 0.29) is 19.4 Å². The Hall–Kier alpha value is -1.21. The average Bonchev–Trinajstić information content (AvgIpc) is 2.87. The summed E-state index contributed by atoms with van der Waals surface area (Å²) in [7, 11) is -4.73. The maximum Gasteiger partial charge on any atom is 0.469 e. The molecule has 0 saturated heterocycles. The lowest BCUT2D eigenvalue weighted by atomic mass is 10.1. The molecule has 0 aromatic rings. The quantitative estimate of drug-likeness (QED) is 0.0448. The lowest BCUT2D eigenvalue weighted by Gasteiger charge is -2.18. The Morgan fingerprint density at radius 2 is 1.11 bits per heavy atom.